The van der Waals surface area contributed by atoms with Crippen molar-refractivity contribution in [2.75, 3.05) is 13.2 Å². The number of nitrogens with one attached hydrogen (secondary N) is 1. The van der Waals surface area contributed by atoms with Gasteiger partial charge in [-0.25, -0.2) is 21.6 Å². The van der Waals surface area contributed by atoms with Crippen LogP contribution in [0.1, 0.15) is 40.6 Å². The molecule has 1 heterocycles. The van der Waals surface area contributed by atoms with E-state index < -0.39 is 57.3 Å². The van der Waals surface area contributed by atoms with Crippen LogP contribution in [0.25, 0.3) is 0 Å². The molecule has 0 saturated heterocycles. The molecule has 1 aliphatic rings. The Balaban J connectivity index is 1.58. The first-order chi connectivity index (χ1) is 14.0. The van der Waals surface area contributed by atoms with E-state index in [2.05, 4.69) is 4.57 Å². The van der Waals surface area contributed by atoms with E-state index in [0.717, 1.165) is 24.2 Å². The number of hydrogen-bond acceptors (Lipinski definition) is 5. The number of nitrogens with zero attached hydrogens (tertiary/aromatic N) is 1. The van der Waals surface area contributed by atoms with Gasteiger partial charge in [0.25, 0.3) is 0 Å². The van der Waals surface area contributed by atoms with Gasteiger partial charge >= 0.3 is 5.97 Å². The predicted molar refractivity (Wildman–Crippen MR) is 99.0 cm³/mol. The molecule has 162 valence electrons. The second-order valence-corrected chi connectivity index (χ2v) is 8.70. The van der Waals surface area contributed by atoms with Gasteiger partial charge in [-0.15, -0.1) is 0 Å². The Morgan fingerprint density at radius 1 is 1.17 bits per heavy atom. The summed E-state index contributed by atoms with van der Waals surface area (Å²) in [5.74, 6) is -6.94. The molecule has 0 bridgehead atoms. The van der Waals surface area contributed by atoms with Crippen LogP contribution in [0, 0.1) is 31.3 Å². The normalized spacial score (nSPS) is 14.0. The number of ketones is 1. The standard InChI is InChI=1S/C19H19F3N2O5S/c1-10-7-13(11(2)24(10)12-3-4-12)15(25)9-29-17(26)8-23-30(27,28)16-6-5-14(20)18(21)19(16)22/h5-7,12,23H,3-4,8-9H2,1-2H3. The van der Waals surface area contributed by atoms with Crippen molar-refractivity contribution in [2.24, 2.45) is 0 Å². The van der Waals surface area contributed by atoms with Gasteiger partial charge in [0.15, 0.2) is 24.1 Å². The SMILES string of the molecule is Cc1cc(C(=O)COC(=O)CNS(=O)(=O)c2ccc(F)c(F)c2F)c(C)n1C1CC1. The Kier molecular flexibility index (Phi) is 6.04. The molecule has 3 rings (SSSR count). The first-order valence-electron chi connectivity index (χ1n) is 9.03. The van der Waals surface area contributed by atoms with Crippen molar-refractivity contribution in [3.05, 3.63) is 52.6 Å². The third kappa shape index (κ3) is 4.41. The van der Waals surface area contributed by atoms with Gasteiger partial charge in [-0.2, -0.15) is 4.72 Å². The molecule has 7 nitrogen and oxygen atoms in total. The molecule has 0 atom stereocenters. The van der Waals surface area contributed by atoms with Crippen LogP contribution < -0.4 is 4.72 Å². The Bertz CT molecular complexity index is 1120. The lowest BCUT2D eigenvalue weighted by atomic mass is 10.1. The van der Waals surface area contributed by atoms with Crippen LogP contribution in [-0.2, 0) is 19.6 Å². The van der Waals surface area contributed by atoms with Crippen molar-refractivity contribution in [3.63, 3.8) is 0 Å². The minimum atomic E-state index is -4.65. The van der Waals surface area contributed by atoms with Crippen molar-refractivity contribution in [1.29, 1.82) is 0 Å². The molecule has 2 aromatic rings. The molecular weight excluding hydrogens is 425 g/mol. The first kappa shape index (κ1) is 22.0. The number of aryl methyl sites for hydroxylation is 1. The second-order valence-electron chi connectivity index (χ2n) is 6.97. The van der Waals surface area contributed by atoms with Crippen molar-refractivity contribution in [2.45, 2.75) is 37.6 Å². The van der Waals surface area contributed by atoms with Crippen molar-refractivity contribution < 1.29 is 35.9 Å². The quantitative estimate of drug-likeness (QED) is 0.384. The Morgan fingerprint density at radius 2 is 1.83 bits per heavy atom. The van der Waals surface area contributed by atoms with Crippen molar-refractivity contribution >= 4 is 21.8 Å². The highest BCUT2D eigenvalue weighted by Gasteiger charge is 2.29. The second kappa shape index (κ2) is 8.23. The maximum absolute atomic E-state index is 13.7. The summed E-state index contributed by atoms with van der Waals surface area (Å²) < 4.78 is 72.4. The largest absolute Gasteiger partial charge is 0.456 e. The summed E-state index contributed by atoms with van der Waals surface area (Å²) in [6.07, 6.45) is 2.08. The number of sulfonamides is 1. The lowest BCUT2D eigenvalue weighted by Crippen LogP contribution is -2.32. The first-order valence-corrected chi connectivity index (χ1v) is 10.5. The summed E-state index contributed by atoms with van der Waals surface area (Å²) in [6, 6.07) is 3.06. The molecule has 0 aliphatic heterocycles. The van der Waals surface area contributed by atoms with E-state index in [0.29, 0.717) is 23.7 Å². The van der Waals surface area contributed by atoms with Crippen molar-refractivity contribution in [1.82, 2.24) is 9.29 Å². The third-order valence-electron chi connectivity index (χ3n) is 4.76. The minimum Gasteiger partial charge on any atom is -0.456 e. The zero-order valence-corrected chi connectivity index (χ0v) is 17.0. The fraction of sp³-hybridized carbons (Fsp3) is 0.368. The minimum absolute atomic E-state index is 0.375. The maximum atomic E-state index is 13.7. The Labute approximate surface area is 170 Å². The number of esters is 1. The van der Waals surface area contributed by atoms with Crippen LogP contribution >= 0.6 is 0 Å². The molecule has 1 aliphatic carbocycles. The average Bonchev–Trinajstić information content (AvgIpc) is 3.47. The van der Waals surface area contributed by atoms with Gasteiger partial charge < -0.3 is 9.30 Å². The smallest absolute Gasteiger partial charge is 0.321 e. The number of hydrogen-bond donors (Lipinski definition) is 1. The highest BCUT2D eigenvalue weighted by atomic mass is 32.2. The number of carbonyl (C=O) groups excluding carboxylic acids is 2. The molecule has 0 spiro atoms. The van der Waals surface area contributed by atoms with E-state index in [1.54, 1.807) is 17.7 Å². The monoisotopic (exact) mass is 444 g/mol. The lowest BCUT2D eigenvalue weighted by Gasteiger charge is -2.09. The summed E-state index contributed by atoms with van der Waals surface area (Å²) in [4.78, 5) is 23.0. The van der Waals surface area contributed by atoms with Crippen molar-refractivity contribution in [3.8, 4) is 0 Å². The molecule has 0 unspecified atom stereocenters. The summed E-state index contributed by atoms with van der Waals surface area (Å²) >= 11 is 0. The highest BCUT2D eigenvalue weighted by Crippen LogP contribution is 2.38. The van der Waals surface area contributed by atoms with Crippen LogP contribution in [0.5, 0.6) is 0 Å². The number of benzene rings is 1. The fourth-order valence-electron chi connectivity index (χ4n) is 3.18. The number of halogens is 3. The number of Topliss-reactive ketones (excluding diaryl/α,β-unsaturated/α-hetero) is 1. The molecule has 1 aromatic heterocycles. The van der Waals surface area contributed by atoms with E-state index in [-0.39, 0.29) is 0 Å². The molecule has 1 fully saturated rings. The van der Waals surface area contributed by atoms with Gasteiger partial charge in [-0.05, 0) is 44.9 Å². The van der Waals surface area contributed by atoms with Gasteiger partial charge in [0, 0.05) is 23.0 Å². The average molecular weight is 444 g/mol. The highest BCUT2D eigenvalue weighted by molar-refractivity contribution is 7.89. The molecule has 1 aromatic carbocycles. The fourth-order valence-corrected chi connectivity index (χ4v) is 4.21. The van der Waals surface area contributed by atoms with Crippen LogP contribution in [-0.4, -0.2) is 37.9 Å². The summed E-state index contributed by atoms with van der Waals surface area (Å²) in [6.45, 7) is 2.15. The van der Waals surface area contributed by atoms with E-state index in [4.69, 9.17) is 4.74 Å². The van der Waals surface area contributed by atoms with Crippen LogP contribution in [0.4, 0.5) is 13.2 Å². The number of ether oxygens (including phenoxy) is 1. The number of aromatic nitrogens is 1. The van der Waals surface area contributed by atoms with E-state index in [9.17, 15) is 31.2 Å². The molecule has 1 N–H and O–H groups in total. The van der Waals surface area contributed by atoms with Gasteiger partial charge in [0.05, 0.1) is 0 Å². The molecular formula is C19H19F3N2O5S. The summed E-state index contributed by atoms with van der Waals surface area (Å²) in [5, 5.41) is 0. The van der Waals surface area contributed by atoms with Gasteiger partial charge in [-0.1, -0.05) is 0 Å². The van der Waals surface area contributed by atoms with Crippen LogP contribution in [0.3, 0.4) is 0 Å². The molecule has 0 radical (unpaired) electrons. The predicted octanol–water partition coefficient (Wildman–Crippen LogP) is 2.56. The molecule has 30 heavy (non-hydrogen) atoms. The Morgan fingerprint density at radius 3 is 2.47 bits per heavy atom. The third-order valence-corrected chi connectivity index (χ3v) is 6.18. The number of carbonyl (C=O) groups is 2. The zero-order chi connectivity index (χ0) is 22.2. The van der Waals surface area contributed by atoms with Gasteiger partial charge in [-0.3, -0.25) is 9.59 Å². The van der Waals surface area contributed by atoms with E-state index >= 15 is 0 Å². The Hall–Kier alpha value is -2.66. The summed E-state index contributed by atoms with van der Waals surface area (Å²) in [7, 11) is -4.65. The van der Waals surface area contributed by atoms with Gasteiger partial charge in [0.1, 0.15) is 11.4 Å². The van der Waals surface area contributed by atoms with Gasteiger partial charge in [0.2, 0.25) is 15.8 Å². The molecule has 0 amide bonds. The maximum Gasteiger partial charge on any atom is 0.321 e. The summed E-state index contributed by atoms with van der Waals surface area (Å²) in [5.41, 5.74) is 2.10. The van der Waals surface area contributed by atoms with E-state index in [1.807, 2.05) is 6.92 Å². The van der Waals surface area contributed by atoms with Crippen LogP contribution in [0.2, 0.25) is 0 Å². The molecule has 1 saturated carbocycles. The zero-order valence-electron chi connectivity index (χ0n) is 16.2. The van der Waals surface area contributed by atoms with E-state index in [1.165, 1.54) is 0 Å². The lowest BCUT2D eigenvalue weighted by molar-refractivity contribution is -0.141. The topological polar surface area (TPSA) is 94.5 Å². The number of rotatable bonds is 8. The van der Waals surface area contributed by atoms with Crippen LogP contribution in [0.15, 0.2) is 23.1 Å². The molecule has 11 heteroatoms.